The first-order valence-corrected chi connectivity index (χ1v) is 6.06. The molecule has 0 aliphatic carbocycles. The van der Waals surface area contributed by atoms with Gasteiger partial charge in [0, 0.05) is 6.54 Å². The molecule has 0 aliphatic rings. The van der Waals surface area contributed by atoms with E-state index < -0.39 is 5.60 Å². The highest BCUT2D eigenvalue weighted by Crippen LogP contribution is 2.21. The van der Waals surface area contributed by atoms with E-state index in [4.69, 9.17) is 0 Å². The number of ether oxygens (including phenoxy) is 1. The average molecular weight is 251 g/mol. The van der Waals surface area contributed by atoms with E-state index in [-0.39, 0.29) is 12.5 Å². The van der Waals surface area contributed by atoms with E-state index in [0.717, 1.165) is 5.56 Å². The molecule has 0 radical (unpaired) electrons. The van der Waals surface area contributed by atoms with Crippen LogP contribution in [0.5, 0.6) is 0 Å². The Morgan fingerprint density at radius 2 is 2.00 bits per heavy atom. The zero-order valence-electron chi connectivity index (χ0n) is 11.2. The highest BCUT2D eigenvalue weighted by molar-refractivity contribution is 5.71. The van der Waals surface area contributed by atoms with Gasteiger partial charge in [0.05, 0.1) is 19.3 Å². The molecule has 100 valence electrons. The van der Waals surface area contributed by atoms with Crippen LogP contribution in [-0.2, 0) is 15.1 Å². The Labute approximate surface area is 108 Å². The van der Waals surface area contributed by atoms with Crippen molar-refractivity contribution in [1.29, 1.82) is 0 Å². The Hall–Kier alpha value is -1.39. The lowest BCUT2D eigenvalue weighted by Gasteiger charge is -2.30. The summed E-state index contributed by atoms with van der Waals surface area (Å²) in [4.78, 5) is 13.1. The van der Waals surface area contributed by atoms with Crippen LogP contribution in [0.3, 0.4) is 0 Å². The van der Waals surface area contributed by atoms with Gasteiger partial charge in [0.25, 0.3) is 0 Å². The van der Waals surface area contributed by atoms with Crippen LogP contribution in [0, 0.1) is 0 Å². The molecule has 1 unspecified atom stereocenters. The molecule has 0 amide bonds. The number of benzene rings is 1. The summed E-state index contributed by atoms with van der Waals surface area (Å²) in [5.74, 6) is -0.291. The monoisotopic (exact) mass is 251 g/mol. The molecule has 0 saturated carbocycles. The SMILES string of the molecule is CCN(CC(=O)OC)CC(C)(O)c1ccccc1. The van der Waals surface area contributed by atoms with Gasteiger partial charge in [-0.25, -0.2) is 0 Å². The van der Waals surface area contributed by atoms with Crippen molar-refractivity contribution in [3.05, 3.63) is 35.9 Å². The van der Waals surface area contributed by atoms with Gasteiger partial charge in [0.2, 0.25) is 0 Å². The molecular weight excluding hydrogens is 230 g/mol. The first-order valence-electron chi connectivity index (χ1n) is 6.06. The number of carbonyl (C=O) groups excluding carboxylic acids is 1. The fraction of sp³-hybridized carbons (Fsp3) is 0.500. The molecule has 1 atom stereocenters. The smallest absolute Gasteiger partial charge is 0.319 e. The molecule has 4 heteroatoms. The minimum Gasteiger partial charge on any atom is -0.468 e. The van der Waals surface area contributed by atoms with Crippen molar-refractivity contribution in [1.82, 2.24) is 4.90 Å². The standard InChI is InChI=1S/C14H21NO3/c1-4-15(10-13(16)18-3)11-14(2,17)12-8-6-5-7-9-12/h5-9,17H,4,10-11H2,1-3H3. The van der Waals surface area contributed by atoms with Crippen LogP contribution in [0.25, 0.3) is 0 Å². The Morgan fingerprint density at radius 3 is 2.50 bits per heavy atom. The number of hydrogen-bond donors (Lipinski definition) is 1. The highest BCUT2D eigenvalue weighted by atomic mass is 16.5. The molecule has 1 aromatic carbocycles. The third-order valence-electron chi connectivity index (χ3n) is 2.95. The molecule has 0 aliphatic heterocycles. The summed E-state index contributed by atoms with van der Waals surface area (Å²) in [5, 5.41) is 10.5. The number of aliphatic hydroxyl groups is 1. The minimum atomic E-state index is -0.981. The molecule has 1 aromatic rings. The van der Waals surface area contributed by atoms with E-state index in [0.29, 0.717) is 13.1 Å². The maximum atomic E-state index is 11.3. The van der Waals surface area contributed by atoms with E-state index in [1.165, 1.54) is 7.11 Å². The van der Waals surface area contributed by atoms with Crippen molar-refractivity contribution >= 4 is 5.97 Å². The van der Waals surface area contributed by atoms with Crippen molar-refractivity contribution in [3.8, 4) is 0 Å². The first kappa shape index (κ1) is 14.7. The summed E-state index contributed by atoms with van der Waals surface area (Å²) < 4.78 is 4.64. The number of carbonyl (C=O) groups is 1. The molecule has 1 rings (SSSR count). The number of rotatable bonds is 6. The third-order valence-corrected chi connectivity index (χ3v) is 2.95. The summed E-state index contributed by atoms with van der Waals surface area (Å²) in [6, 6.07) is 9.45. The predicted molar refractivity (Wildman–Crippen MR) is 70.1 cm³/mol. The third kappa shape index (κ3) is 4.13. The molecule has 0 heterocycles. The van der Waals surface area contributed by atoms with Gasteiger partial charge in [-0.05, 0) is 19.0 Å². The van der Waals surface area contributed by atoms with Crippen LogP contribution in [-0.4, -0.2) is 42.7 Å². The van der Waals surface area contributed by atoms with Crippen molar-refractivity contribution in [2.24, 2.45) is 0 Å². The summed E-state index contributed by atoms with van der Waals surface area (Å²) in [5.41, 5.74) is -0.140. The Balaban J connectivity index is 2.71. The van der Waals surface area contributed by atoms with Crippen molar-refractivity contribution in [3.63, 3.8) is 0 Å². The largest absolute Gasteiger partial charge is 0.468 e. The lowest BCUT2D eigenvalue weighted by Crippen LogP contribution is -2.41. The molecule has 0 aromatic heterocycles. The van der Waals surface area contributed by atoms with E-state index in [1.807, 2.05) is 42.2 Å². The molecular formula is C14H21NO3. The molecule has 1 N–H and O–H groups in total. The lowest BCUT2D eigenvalue weighted by molar-refractivity contribution is -0.142. The summed E-state index contributed by atoms with van der Waals surface area (Å²) in [6.45, 7) is 4.96. The summed E-state index contributed by atoms with van der Waals surface area (Å²) in [6.07, 6.45) is 0. The van der Waals surface area contributed by atoms with Crippen LogP contribution < -0.4 is 0 Å². The molecule has 0 saturated heterocycles. The highest BCUT2D eigenvalue weighted by Gasteiger charge is 2.26. The maximum Gasteiger partial charge on any atom is 0.319 e. The number of esters is 1. The van der Waals surface area contributed by atoms with Gasteiger partial charge in [-0.3, -0.25) is 9.69 Å². The van der Waals surface area contributed by atoms with Gasteiger partial charge in [-0.1, -0.05) is 37.3 Å². The van der Waals surface area contributed by atoms with Gasteiger partial charge in [0.15, 0.2) is 0 Å². The van der Waals surface area contributed by atoms with E-state index in [2.05, 4.69) is 4.74 Å². The van der Waals surface area contributed by atoms with E-state index >= 15 is 0 Å². The fourth-order valence-corrected chi connectivity index (χ4v) is 1.85. The van der Waals surface area contributed by atoms with Crippen molar-refractivity contribution < 1.29 is 14.6 Å². The summed E-state index contributed by atoms with van der Waals surface area (Å²) >= 11 is 0. The Bertz CT molecular complexity index is 376. The maximum absolute atomic E-state index is 11.3. The number of nitrogens with zero attached hydrogens (tertiary/aromatic N) is 1. The quantitative estimate of drug-likeness (QED) is 0.776. The predicted octanol–water partition coefficient (Wildman–Crippen LogP) is 1.39. The molecule has 0 fully saturated rings. The van der Waals surface area contributed by atoms with E-state index in [1.54, 1.807) is 6.92 Å². The van der Waals surface area contributed by atoms with Gasteiger partial charge < -0.3 is 9.84 Å². The van der Waals surface area contributed by atoms with Gasteiger partial charge >= 0.3 is 5.97 Å². The van der Waals surface area contributed by atoms with Gasteiger partial charge in [-0.15, -0.1) is 0 Å². The topological polar surface area (TPSA) is 49.8 Å². The minimum absolute atomic E-state index is 0.190. The Kier molecular flexibility index (Phi) is 5.31. The van der Waals surface area contributed by atoms with Crippen LogP contribution in [0.4, 0.5) is 0 Å². The second-order valence-electron chi connectivity index (χ2n) is 4.52. The van der Waals surface area contributed by atoms with Gasteiger partial charge in [-0.2, -0.15) is 0 Å². The average Bonchev–Trinajstić information content (AvgIpc) is 2.38. The van der Waals surface area contributed by atoms with Crippen LogP contribution in [0.1, 0.15) is 19.4 Å². The van der Waals surface area contributed by atoms with Crippen molar-refractivity contribution in [2.75, 3.05) is 26.7 Å². The first-order chi connectivity index (χ1) is 8.49. The molecule has 0 spiro atoms. The van der Waals surface area contributed by atoms with Crippen LogP contribution in [0.15, 0.2) is 30.3 Å². The Morgan fingerprint density at radius 1 is 1.39 bits per heavy atom. The number of methoxy groups -OCH3 is 1. The summed E-state index contributed by atoms with van der Waals surface area (Å²) in [7, 11) is 1.37. The molecule has 0 bridgehead atoms. The fourth-order valence-electron chi connectivity index (χ4n) is 1.85. The molecule has 4 nitrogen and oxygen atoms in total. The van der Waals surface area contributed by atoms with Gasteiger partial charge in [0.1, 0.15) is 0 Å². The van der Waals surface area contributed by atoms with Crippen molar-refractivity contribution in [2.45, 2.75) is 19.4 Å². The zero-order chi connectivity index (χ0) is 13.6. The second kappa shape index (κ2) is 6.52. The zero-order valence-corrected chi connectivity index (χ0v) is 11.2. The molecule has 18 heavy (non-hydrogen) atoms. The number of hydrogen-bond acceptors (Lipinski definition) is 4. The van der Waals surface area contributed by atoms with E-state index in [9.17, 15) is 9.90 Å². The second-order valence-corrected chi connectivity index (χ2v) is 4.52. The van der Waals surface area contributed by atoms with Crippen LogP contribution >= 0.6 is 0 Å². The van der Waals surface area contributed by atoms with Crippen LogP contribution in [0.2, 0.25) is 0 Å². The normalized spacial score (nSPS) is 14.3. The lowest BCUT2D eigenvalue weighted by atomic mass is 9.95. The number of likely N-dealkylation sites (N-methyl/N-ethyl adjacent to an activating group) is 1.